The number of anilines is 2. The van der Waals surface area contributed by atoms with Crippen LogP contribution in [0.3, 0.4) is 0 Å². The monoisotopic (exact) mass is 343 g/mol. The molecule has 0 amide bonds. The van der Waals surface area contributed by atoms with Crippen LogP contribution in [0.25, 0.3) is 6.08 Å². The standard InChI is InChI=1S/C16H17N5O2S/c1-24(22)14-8-18-16(19-9-14)21-12-5-2-11(3-6-12)4-7-13-10-23-15(17)20-13/h2-9,13H,10H2,1H3,(H2,17,20)(H,18,19,21). The van der Waals surface area contributed by atoms with E-state index in [1.54, 1.807) is 18.6 Å². The fourth-order valence-corrected chi connectivity index (χ4v) is 2.47. The molecular formula is C16H17N5O2S. The highest BCUT2D eigenvalue weighted by Crippen LogP contribution is 2.16. The van der Waals surface area contributed by atoms with Crippen molar-refractivity contribution in [3.8, 4) is 0 Å². The Labute approximate surface area is 142 Å². The zero-order chi connectivity index (χ0) is 16.9. The molecule has 2 unspecified atom stereocenters. The lowest BCUT2D eigenvalue weighted by Crippen LogP contribution is -2.10. The largest absolute Gasteiger partial charge is 0.612 e. The van der Waals surface area contributed by atoms with Gasteiger partial charge in [0.05, 0.1) is 12.4 Å². The zero-order valence-corrected chi connectivity index (χ0v) is 13.9. The fraction of sp³-hybridized carbons (Fsp3) is 0.188. The Bertz CT molecular complexity index is 744. The Kier molecular flexibility index (Phi) is 4.97. The molecule has 0 bridgehead atoms. The van der Waals surface area contributed by atoms with E-state index in [-0.39, 0.29) is 12.1 Å². The maximum atomic E-state index is 11.3. The van der Waals surface area contributed by atoms with Crippen LogP contribution in [-0.4, -0.2) is 39.4 Å². The topological polar surface area (TPSA) is 108 Å². The molecule has 0 aliphatic carbocycles. The van der Waals surface area contributed by atoms with Gasteiger partial charge in [0.2, 0.25) is 5.95 Å². The van der Waals surface area contributed by atoms with Crippen LogP contribution in [0, 0.1) is 0 Å². The maximum Gasteiger partial charge on any atom is 0.282 e. The molecule has 0 saturated carbocycles. The van der Waals surface area contributed by atoms with Gasteiger partial charge in [0.25, 0.3) is 6.02 Å². The predicted octanol–water partition coefficient (Wildman–Crippen LogP) is 1.68. The zero-order valence-electron chi connectivity index (χ0n) is 13.0. The van der Waals surface area contributed by atoms with E-state index >= 15 is 0 Å². The lowest BCUT2D eigenvalue weighted by atomic mass is 10.1. The van der Waals surface area contributed by atoms with Crippen LogP contribution in [-0.2, 0) is 15.9 Å². The van der Waals surface area contributed by atoms with E-state index in [0.717, 1.165) is 11.3 Å². The Morgan fingerprint density at radius 3 is 2.58 bits per heavy atom. The van der Waals surface area contributed by atoms with Crippen molar-refractivity contribution in [1.29, 1.82) is 0 Å². The number of ether oxygens (including phenoxy) is 1. The molecule has 0 radical (unpaired) electrons. The van der Waals surface area contributed by atoms with Crippen LogP contribution in [0.4, 0.5) is 11.6 Å². The molecule has 2 aromatic rings. The summed E-state index contributed by atoms with van der Waals surface area (Å²) in [6.45, 7) is 0.484. The first-order valence-electron chi connectivity index (χ1n) is 7.27. The van der Waals surface area contributed by atoms with Crippen molar-refractivity contribution in [2.24, 2.45) is 10.7 Å². The number of nitrogens with zero attached hydrogens (tertiary/aromatic N) is 3. The average molecular weight is 343 g/mol. The van der Waals surface area contributed by atoms with Gasteiger partial charge in [-0.3, -0.25) is 0 Å². The highest BCUT2D eigenvalue weighted by molar-refractivity contribution is 7.90. The van der Waals surface area contributed by atoms with E-state index in [1.807, 2.05) is 36.4 Å². The van der Waals surface area contributed by atoms with Crippen LogP contribution in [0.5, 0.6) is 0 Å². The van der Waals surface area contributed by atoms with Gasteiger partial charge < -0.3 is 20.3 Å². The van der Waals surface area contributed by atoms with Gasteiger partial charge in [0.15, 0.2) is 4.90 Å². The summed E-state index contributed by atoms with van der Waals surface area (Å²) < 4.78 is 16.4. The summed E-state index contributed by atoms with van der Waals surface area (Å²) in [5.74, 6) is 0.459. The molecule has 2 atom stereocenters. The third-order valence-corrected chi connectivity index (χ3v) is 4.21. The Hall–Kier alpha value is -2.58. The predicted molar refractivity (Wildman–Crippen MR) is 94.5 cm³/mol. The molecule has 24 heavy (non-hydrogen) atoms. The number of nitrogens with one attached hydrogen (secondary N) is 1. The second-order valence-electron chi connectivity index (χ2n) is 5.15. The molecule has 0 fully saturated rings. The molecule has 1 aliphatic heterocycles. The highest BCUT2D eigenvalue weighted by atomic mass is 32.2. The lowest BCUT2D eigenvalue weighted by Gasteiger charge is -2.06. The molecule has 1 aliphatic rings. The molecule has 3 N–H and O–H groups in total. The SMILES string of the molecule is C[S+]([O-])c1cnc(Nc2ccc(C=CC3COC(N)=N3)cc2)nc1. The van der Waals surface area contributed by atoms with E-state index in [9.17, 15) is 4.55 Å². The van der Waals surface area contributed by atoms with Gasteiger partial charge in [-0.15, -0.1) is 0 Å². The summed E-state index contributed by atoms with van der Waals surface area (Å²) in [4.78, 5) is 13.0. The minimum Gasteiger partial charge on any atom is -0.612 e. The first kappa shape index (κ1) is 16.3. The van der Waals surface area contributed by atoms with Crippen LogP contribution in [0.15, 0.2) is 52.6 Å². The van der Waals surface area contributed by atoms with Gasteiger partial charge in [-0.2, -0.15) is 0 Å². The molecule has 8 heteroatoms. The number of rotatable bonds is 5. The Morgan fingerprint density at radius 2 is 2.00 bits per heavy atom. The van der Waals surface area contributed by atoms with Crippen molar-refractivity contribution in [3.05, 3.63) is 48.3 Å². The molecule has 1 aromatic heterocycles. The van der Waals surface area contributed by atoms with Crippen molar-refractivity contribution in [2.45, 2.75) is 10.9 Å². The first-order valence-corrected chi connectivity index (χ1v) is 8.83. The number of aromatic nitrogens is 2. The molecule has 1 aromatic carbocycles. The van der Waals surface area contributed by atoms with Crippen molar-refractivity contribution < 1.29 is 9.29 Å². The Balaban J connectivity index is 1.61. The van der Waals surface area contributed by atoms with Crippen LogP contribution in [0.2, 0.25) is 0 Å². The molecule has 2 heterocycles. The van der Waals surface area contributed by atoms with Gasteiger partial charge in [0, 0.05) is 5.69 Å². The molecule has 0 spiro atoms. The molecule has 124 valence electrons. The Morgan fingerprint density at radius 1 is 1.29 bits per heavy atom. The van der Waals surface area contributed by atoms with Crippen molar-refractivity contribution in [3.63, 3.8) is 0 Å². The lowest BCUT2D eigenvalue weighted by molar-refractivity contribution is 0.327. The molecule has 7 nitrogen and oxygen atoms in total. The van der Waals surface area contributed by atoms with Gasteiger partial charge in [-0.05, 0) is 28.9 Å². The summed E-state index contributed by atoms with van der Waals surface area (Å²) in [7, 11) is 0. The minimum absolute atomic E-state index is 0.0289. The van der Waals surface area contributed by atoms with Gasteiger partial charge >= 0.3 is 0 Å². The summed E-state index contributed by atoms with van der Waals surface area (Å²) >= 11 is -1.08. The second kappa shape index (κ2) is 7.33. The normalized spacial score (nSPS) is 18.2. The first-order chi connectivity index (χ1) is 11.6. The third kappa shape index (κ3) is 4.24. The van der Waals surface area contributed by atoms with Crippen LogP contribution >= 0.6 is 0 Å². The van der Waals surface area contributed by atoms with E-state index in [2.05, 4.69) is 20.3 Å². The smallest absolute Gasteiger partial charge is 0.282 e. The van der Waals surface area contributed by atoms with Crippen LogP contribution < -0.4 is 11.1 Å². The van der Waals surface area contributed by atoms with Crippen molar-refractivity contribution >= 4 is 34.9 Å². The molecule has 0 saturated heterocycles. The maximum absolute atomic E-state index is 11.3. The fourth-order valence-electron chi connectivity index (χ4n) is 2.07. The average Bonchev–Trinajstić information content (AvgIpc) is 3.00. The number of nitrogens with two attached hydrogens (primary N) is 1. The van der Waals surface area contributed by atoms with E-state index in [1.165, 1.54) is 0 Å². The van der Waals surface area contributed by atoms with Crippen molar-refractivity contribution in [1.82, 2.24) is 9.97 Å². The summed E-state index contributed by atoms with van der Waals surface area (Å²) in [6.07, 6.45) is 8.63. The van der Waals surface area contributed by atoms with E-state index in [0.29, 0.717) is 17.5 Å². The summed E-state index contributed by atoms with van der Waals surface area (Å²) in [6, 6.07) is 8.00. The van der Waals surface area contributed by atoms with E-state index < -0.39 is 11.2 Å². The number of hydrogen-bond donors (Lipinski definition) is 2. The minimum atomic E-state index is -1.08. The van der Waals surface area contributed by atoms with Gasteiger partial charge in [-0.1, -0.05) is 24.3 Å². The van der Waals surface area contributed by atoms with Gasteiger partial charge in [-0.25, -0.2) is 15.0 Å². The number of aliphatic imine (C=N–C) groups is 1. The highest BCUT2D eigenvalue weighted by Gasteiger charge is 2.12. The summed E-state index contributed by atoms with van der Waals surface area (Å²) in [5.41, 5.74) is 7.38. The third-order valence-electron chi connectivity index (χ3n) is 3.33. The molecular weight excluding hydrogens is 326 g/mol. The van der Waals surface area contributed by atoms with Crippen molar-refractivity contribution in [2.75, 3.05) is 18.2 Å². The van der Waals surface area contributed by atoms with E-state index in [4.69, 9.17) is 10.5 Å². The quantitative estimate of drug-likeness (QED) is 0.800. The van der Waals surface area contributed by atoms with Gasteiger partial charge in [0.1, 0.15) is 18.9 Å². The summed E-state index contributed by atoms with van der Waals surface area (Å²) in [5, 5.41) is 3.10. The van der Waals surface area contributed by atoms with Crippen LogP contribution in [0.1, 0.15) is 5.56 Å². The number of hydrogen-bond acceptors (Lipinski definition) is 7. The number of benzene rings is 1. The number of amidine groups is 1. The second-order valence-corrected chi connectivity index (χ2v) is 6.53. The molecule has 3 rings (SSSR count).